The van der Waals surface area contributed by atoms with E-state index in [0.29, 0.717) is 51.7 Å². The third-order valence-corrected chi connectivity index (χ3v) is 3.37. The first kappa shape index (κ1) is 26.4. The van der Waals surface area contributed by atoms with Crippen LogP contribution in [0.1, 0.15) is 25.7 Å². The average molecular weight is 407 g/mol. The van der Waals surface area contributed by atoms with Crippen LogP contribution in [-0.2, 0) is 14.2 Å². The van der Waals surface area contributed by atoms with Gasteiger partial charge in [0.2, 0.25) is 0 Å². The second kappa shape index (κ2) is 18.7. The smallest absolute Gasteiger partial charge is 0.190 e. The number of rotatable bonds is 15. The summed E-state index contributed by atoms with van der Waals surface area (Å²) in [7, 11) is 1.11. The van der Waals surface area contributed by atoms with Crippen LogP contribution in [0.2, 0.25) is 0 Å². The summed E-state index contributed by atoms with van der Waals surface area (Å²) < 4.78 is 57.5. The molecule has 0 aliphatic rings. The minimum absolute atomic E-state index is 0.557. The Kier molecular flexibility index (Phi) is 17.7. The van der Waals surface area contributed by atoms with E-state index in [0.717, 1.165) is 26.6 Å². The molecule has 1 aromatic rings. The van der Waals surface area contributed by atoms with E-state index in [4.69, 9.17) is 19.9 Å². The standard InChI is InChI=1S/C13H27NO3.C7H5F3O/c1-2-3-4-5-6-8-15-10-12-17-13-11-16-9-7-14;1-11-7-5(9)2-4(8)3-6(7)10/h2H,1,3-14H2;2-3H,1H3. The van der Waals surface area contributed by atoms with Crippen LogP contribution in [0.4, 0.5) is 13.2 Å². The third kappa shape index (κ3) is 14.4. The van der Waals surface area contributed by atoms with Crippen LogP contribution in [0.3, 0.4) is 0 Å². The van der Waals surface area contributed by atoms with E-state index in [1.54, 1.807) is 0 Å². The van der Waals surface area contributed by atoms with Crippen molar-refractivity contribution in [1.29, 1.82) is 0 Å². The van der Waals surface area contributed by atoms with Crippen LogP contribution < -0.4 is 10.5 Å². The van der Waals surface area contributed by atoms with E-state index < -0.39 is 23.2 Å². The first-order valence-corrected chi connectivity index (χ1v) is 9.29. The van der Waals surface area contributed by atoms with E-state index >= 15 is 0 Å². The number of nitrogens with two attached hydrogens (primary N) is 1. The van der Waals surface area contributed by atoms with Gasteiger partial charge in [0.1, 0.15) is 5.82 Å². The van der Waals surface area contributed by atoms with Crippen LogP contribution in [0.15, 0.2) is 24.8 Å². The summed E-state index contributed by atoms with van der Waals surface area (Å²) in [5.74, 6) is -3.60. The Bertz CT molecular complexity index is 495. The van der Waals surface area contributed by atoms with Gasteiger partial charge in [-0.1, -0.05) is 12.5 Å². The molecule has 162 valence electrons. The number of ether oxygens (including phenoxy) is 4. The topological polar surface area (TPSA) is 62.9 Å². The molecule has 0 aromatic heterocycles. The van der Waals surface area contributed by atoms with Gasteiger partial charge in [-0.2, -0.15) is 0 Å². The molecule has 8 heteroatoms. The SMILES string of the molecule is C=CCCCCCOCCOCCOCCN.COc1c(F)cc(F)cc1F. The summed E-state index contributed by atoms with van der Waals surface area (Å²) in [5.41, 5.74) is 5.28. The Labute approximate surface area is 165 Å². The molecule has 0 aliphatic heterocycles. The highest BCUT2D eigenvalue weighted by Gasteiger charge is 2.10. The molecule has 1 rings (SSSR count). The molecular formula is C20H32F3NO4. The molecule has 0 aliphatic carbocycles. The minimum atomic E-state index is -1.04. The zero-order valence-electron chi connectivity index (χ0n) is 16.6. The predicted molar refractivity (Wildman–Crippen MR) is 103 cm³/mol. The van der Waals surface area contributed by atoms with E-state index in [1.165, 1.54) is 12.8 Å². The van der Waals surface area contributed by atoms with Crippen LogP contribution >= 0.6 is 0 Å². The fourth-order valence-corrected chi connectivity index (χ4v) is 2.02. The van der Waals surface area contributed by atoms with Gasteiger partial charge in [-0.3, -0.25) is 0 Å². The number of hydrogen-bond acceptors (Lipinski definition) is 5. The summed E-state index contributed by atoms with van der Waals surface area (Å²) in [6.07, 6.45) is 6.60. The molecule has 0 saturated carbocycles. The number of allylic oxidation sites excluding steroid dienone is 1. The maximum absolute atomic E-state index is 12.5. The van der Waals surface area contributed by atoms with Crippen molar-refractivity contribution in [3.8, 4) is 5.75 Å². The summed E-state index contributed by atoms with van der Waals surface area (Å²) in [4.78, 5) is 0. The summed E-state index contributed by atoms with van der Waals surface area (Å²) in [5, 5.41) is 0. The Morgan fingerprint density at radius 3 is 1.89 bits per heavy atom. The lowest BCUT2D eigenvalue weighted by molar-refractivity contribution is 0.0153. The van der Waals surface area contributed by atoms with Crippen molar-refractivity contribution in [2.45, 2.75) is 25.7 Å². The minimum Gasteiger partial charge on any atom is -0.491 e. The average Bonchev–Trinajstić information content (AvgIpc) is 2.66. The number of unbranched alkanes of at least 4 members (excludes halogenated alkanes) is 3. The fraction of sp³-hybridized carbons (Fsp3) is 0.600. The molecular weight excluding hydrogens is 375 g/mol. The van der Waals surface area contributed by atoms with E-state index in [1.807, 2.05) is 6.08 Å². The van der Waals surface area contributed by atoms with Crippen molar-refractivity contribution >= 4 is 0 Å². The van der Waals surface area contributed by atoms with Gasteiger partial charge < -0.3 is 24.7 Å². The number of halogens is 3. The highest BCUT2D eigenvalue weighted by atomic mass is 19.1. The Morgan fingerprint density at radius 2 is 1.39 bits per heavy atom. The summed E-state index contributed by atoms with van der Waals surface area (Å²) in [6.45, 7) is 8.21. The van der Waals surface area contributed by atoms with Crippen LogP contribution in [0.25, 0.3) is 0 Å². The normalized spacial score (nSPS) is 10.3. The lowest BCUT2D eigenvalue weighted by Gasteiger charge is -2.06. The first-order chi connectivity index (χ1) is 13.6. The highest BCUT2D eigenvalue weighted by molar-refractivity contribution is 5.26. The number of benzene rings is 1. The molecule has 0 amide bonds. The molecule has 0 saturated heterocycles. The lowest BCUT2D eigenvalue weighted by atomic mass is 10.2. The monoisotopic (exact) mass is 407 g/mol. The van der Waals surface area contributed by atoms with Gasteiger partial charge in [-0.25, -0.2) is 13.2 Å². The molecule has 0 fully saturated rings. The Morgan fingerprint density at radius 1 is 0.857 bits per heavy atom. The molecule has 0 unspecified atom stereocenters. The van der Waals surface area contributed by atoms with Crippen molar-refractivity contribution in [3.05, 3.63) is 42.2 Å². The van der Waals surface area contributed by atoms with Gasteiger partial charge in [0.15, 0.2) is 17.4 Å². The van der Waals surface area contributed by atoms with Gasteiger partial charge in [-0.15, -0.1) is 6.58 Å². The number of methoxy groups -OCH3 is 1. The first-order valence-electron chi connectivity index (χ1n) is 9.29. The highest BCUT2D eigenvalue weighted by Crippen LogP contribution is 2.21. The van der Waals surface area contributed by atoms with Crippen LogP contribution in [0, 0.1) is 17.5 Å². The molecule has 0 atom stereocenters. The van der Waals surface area contributed by atoms with Crippen molar-refractivity contribution in [3.63, 3.8) is 0 Å². The molecule has 0 bridgehead atoms. The van der Waals surface area contributed by atoms with Crippen molar-refractivity contribution in [1.82, 2.24) is 0 Å². The van der Waals surface area contributed by atoms with Gasteiger partial charge in [0, 0.05) is 25.3 Å². The molecule has 5 nitrogen and oxygen atoms in total. The predicted octanol–water partition coefficient (Wildman–Crippen LogP) is 3.85. The summed E-state index contributed by atoms with van der Waals surface area (Å²) >= 11 is 0. The quantitative estimate of drug-likeness (QED) is 0.353. The lowest BCUT2D eigenvalue weighted by Crippen LogP contribution is -2.13. The molecule has 0 spiro atoms. The van der Waals surface area contributed by atoms with Crippen molar-refractivity contribution < 1.29 is 32.1 Å². The maximum Gasteiger partial charge on any atom is 0.190 e. The molecule has 0 radical (unpaired) electrons. The van der Waals surface area contributed by atoms with Gasteiger partial charge in [-0.05, 0) is 19.3 Å². The third-order valence-electron chi connectivity index (χ3n) is 3.37. The number of hydrogen-bond donors (Lipinski definition) is 1. The second-order valence-electron chi connectivity index (χ2n) is 5.67. The Hall–Kier alpha value is -1.61. The van der Waals surface area contributed by atoms with Crippen LogP contribution in [-0.4, -0.2) is 53.3 Å². The Balaban J connectivity index is 0.000000567. The van der Waals surface area contributed by atoms with E-state index in [-0.39, 0.29) is 0 Å². The molecule has 1 aromatic carbocycles. The molecule has 2 N–H and O–H groups in total. The molecule has 0 heterocycles. The van der Waals surface area contributed by atoms with Gasteiger partial charge in [0.25, 0.3) is 0 Å². The largest absolute Gasteiger partial charge is 0.491 e. The zero-order chi connectivity index (χ0) is 21.0. The van der Waals surface area contributed by atoms with Crippen molar-refractivity contribution in [2.75, 3.05) is 53.3 Å². The van der Waals surface area contributed by atoms with Crippen LogP contribution in [0.5, 0.6) is 5.75 Å². The van der Waals surface area contributed by atoms with Gasteiger partial charge in [0.05, 0.1) is 40.1 Å². The zero-order valence-corrected chi connectivity index (χ0v) is 16.6. The summed E-state index contributed by atoms with van der Waals surface area (Å²) in [6, 6.07) is 1.11. The van der Waals surface area contributed by atoms with Crippen molar-refractivity contribution in [2.24, 2.45) is 5.73 Å². The molecule has 28 heavy (non-hydrogen) atoms. The maximum atomic E-state index is 12.5. The second-order valence-corrected chi connectivity index (χ2v) is 5.67. The fourth-order valence-electron chi connectivity index (χ4n) is 2.02. The van der Waals surface area contributed by atoms with E-state index in [9.17, 15) is 13.2 Å². The van der Waals surface area contributed by atoms with Gasteiger partial charge >= 0.3 is 0 Å². The van der Waals surface area contributed by atoms with E-state index in [2.05, 4.69) is 11.3 Å².